The van der Waals surface area contributed by atoms with Gasteiger partial charge in [-0.25, -0.2) is 0 Å². The summed E-state index contributed by atoms with van der Waals surface area (Å²) in [6, 6.07) is 16.7. The predicted molar refractivity (Wildman–Crippen MR) is 153 cm³/mol. The summed E-state index contributed by atoms with van der Waals surface area (Å²) >= 11 is 0. The van der Waals surface area contributed by atoms with Crippen LogP contribution in [0.25, 0.3) is 11.1 Å². The Hall–Kier alpha value is -2.22. The van der Waals surface area contributed by atoms with E-state index in [1.54, 1.807) is 0 Å². The maximum Gasteiger partial charge on any atom is 0.170 e. The first-order valence-electron chi connectivity index (χ1n) is 14.8. The lowest BCUT2D eigenvalue weighted by atomic mass is 9.77. The van der Waals surface area contributed by atoms with Gasteiger partial charge in [-0.05, 0) is 61.1 Å². The van der Waals surface area contributed by atoms with Crippen LogP contribution in [-0.2, 0) is 4.79 Å². The van der Waals surface area contributed by atoms with Crippen molar-refractivity contribution in [2.75, 3.05) is 0 Å². The first-order valence-corrected chi connectivity index (χ1v) is 14.8. The molecule has 0 unspecified atom stereocenters. The highest BCUT2D eigenvalue weighted by Gasteiger charge is 2.22. The topological polar surface area (TPSA) is 34.1 Å². The largest absolute Gasteiger partial charge is 0.300 e. The zero-order valence-corrected chi connectivity index (χ0v) is 22.9. The van der Waals surface area contributed by atoms with Crippen molar-refractivity contribution in [1.82, 2.24) is 0 Å². The fraction of sp³-hybridized carbons (Fsp3) is 0.588. The van der Waals surface area contributed by atoms with E-state index in [9.17, 15) is 9.59 Å². The van der Waals surface area contributed by atoms with E-state index in [1.165, 1.54) is 114 Å². The second-order valence-corrected chi connectivity index (χ2v) is 11.2. The van der Waals surface area contributed by atoms with E-state index in [-0.39, 0.29) is 18.0 Å². The third kappa shape index (κ3) is 9.68. The fourth-order valence-corrected chi connectivity index (χ4v) is 5.83. The van der Waals surface area contributed by atoms with Gasteiger partial charge >= 0.3 is 0 Å². The Morgan fingerprint density at radius 3 is 1.69 bits per heavy atom. The number of rotatable bonds is 16. The lowest BCUT2D eigenvalue weighted by Crippen LogP contribution is -2.13. The summed E-state index contributed by atoms with van der Waals surface area (Å²) in [5.41, 5.74) is 4.38. The van der Waals surface area contributed by atoms with E-state index in [1.807, 2.05) is 24.3 Å². The molecule has 1 fully saturated rings. The molecule has 0 bridgehead atoms. The molecule has 1 saturated carbocycles. The van der Waals surface area contributed by atoms with E-state index in [2.05, 4.69) is 31.2 Å². The minimum absolute atomic E-state index is 0.0183. The van der Waals surface area contributed by atoms with Crippen molar-refractivity contribution in [3.63, 3.8) is 0 Å². The van der Waals surface area contributed by atoms with Crippen LogP contribution in [0.2, 0.25) is 0 Å². The first-order chi connectivity index (χ1) is 17.6. The van der Waals surface area contributed by atoms with Gasteiger partial charge in [-0.1, -0.05) is 126 Å². The molecule has 196 valence electrons. The second kappa shape index (κ2) is 15.8. The van der Waals surface area contributed by atoms with Crippen molar-refractivity contribution >= 4 is 11.6 Å². The van der Waals surface area contributed by atoms with Crippen molar-refractivity contribution in [3.05, 3.63) is 59.7 Å². The van der Waals surface area contributed by atoms with Crippen LogP contribution in [0.4, 0.5) is 0 Å². The van der Waals surface area contributed by atoms with Crippen LogP contribution in [0.5, 0.6) is 0 Å². The van der Waals surface area contributed by atoms with Crippen LogP contribution in [0.15, 0.2) is 48.5 Å². The molecule has 1 aliphatic carbocycles. The Kier molecular flexibility index (Phi) is 12.4. The zero-order valence-electron chi connectivity index (χ0n) is 22.9. The van der Waals surface area contributed by atoms with Gasteiger partial charge in [0.1, 0.15) is 5.78 Å². The summed E-state index contributed by atoms with van der Waals surface area (Å²) in [7, 11) is 0. The number of carbonyl (C=O) groups excluding carboxylic acids is 2. The molecule has 1 aliphatic rings. The van der Waals surface area contributed by atoms with Gasteiger partial charge in [-0.3, -0.25) is 9.59 Å². The lowest BCUT2D eigenvalue weighted by molar-refractivity contribution is -0.116. The highest BCUT2D eigenvalue weighted by molar-refractivity contribution is 6.07. The third-order valence-corrected chi connectivity index (χ3v) is 8.14. The van der Waals surface area contributed by atoms with Gasteiger partial charge in [-0.15, -0.1) is 0 Å². The molecular formula is C34H48O2. The molecular weight excluding hydrogens is 440 g/mol. The van der Waals surface area contributed by atoms with Gasteiger partial charge < -0.3 is 0 Å². The third-order valence-electron chi connectivity index (χ3n) is 8.14. The zero-order chi connectivity index (χ0) is 25.6. The Labute approximate surface area is 220 Å². The minimum atomic E-state index is -0.104. The van der Waals surface area contributed by atoms with Gasteiger partial charge in [0, 0.05) is 5.56 Å². The smallest absolute Gasteiger partial charge is 0.170 e. The highest BCUT2D eigenvalue weighted by Crippen LogP contribution is 2.38. The molecule has 2 nitrogen and oxygen atoms in total. The van der Waals surface area contributed by atoms with E-state index < -0.39 is 0 Å². The van der Waals surface area contributed by atoms with Crippen molar-refractivity contribution < 1.29 is 9.59 Å². The SMILES string of the molecule is CCCCCCCCCCCCC1CCC(c2ccc(-c3ccc(C(=O)CC(C)=O)cc3)cc2)CC1. The Morgan fingerprint density at radius 2 is 1.17 bits per heavy atom. The predicted octanol–water partition coefficient (Wildman–Crippen LogP) is 10.1. The number of hydrogen-bond donors (Lipinski definition) is 0. The number of ketones is 2. The molecule has 2 aromatic carbocycles. The molecule has 0 radical (unpaired) electrons. The van der Waals surface area contributed by atoms with Gasteiger partial charge in [0.15, 0.2) is 5.78 Å². The summed E-state index contributed by atoms with van der Waals surface area (Å²) < 4.78 is 0. The molecule has 2 aromatic rings. The summed E-state index contributed by atoms with van der Waals surface area (Å²) in [6.45, 7) is 3.75. The summed E-state index contributed by atoms with van der Waals surface area (Å²) in [5, 5.41) is 0. The minimum Gasteiger partial charge on any atom is -0.300 e. The highest BCUT2D eigenvalue weighted by atomic mass is 16.1. The molecule has 0 saturated heterocycles. The van der Waals surface area contributed by atoms with Gasteiger partial charge in [0.05, 0.1) is 6.42 Å². The Balaban J connectivity index is 1.33. The molecule has 0 aliphatic heterocycles. The van der Waals surface area contributed by atoms with Crippen molar-refractivity contribution in [2.24, 2.45) is 5.92 Å². The number of carbonyl (C=O) groups is 2. The van der Waals surface area contributed by atoms with Crippen LogP contribution in [0.3, 0.4) is 0 Å². The van der Waals surface area contributed by atoms with E-state index in [0.717, 1.165) is 11.5 Å². The molecule has 0 heterocycles. The number of hydrogen-bond acceptors (Lipinski definition) is 2. The van der Waals surface area contributed by atoms with Crippen molar-refractivity contribution in [1.29, 1.82) is 0 Å². The standard InChI is InChI=1S/C34H48O2/c1-3-4-5-6-7-8-9-10-11-12-13-28-14-16-29(17-15-28)30-18-20-31(21-19-30)32-22-24-33(25-23-32)34(36)26-27(2)35/h18-25,28-29H,3-17,26H2,1-2H3. The maximum absolute atomic E-state index is 12.1. The van der Waals surface area contributed by atoms with Crippen molar-refractivity contribution in [2.45, 2.75) is 122 Å². The molecule has 0 aromatic heterocycles. The number of benzene rings is 2. The quantitative estimate of drug-likeness (QED) is 0.134. The van der Waals surface area contributed by atoms with Gasteiger partial charge in [0.2, 0.25) is 0 Å². The van der Waals surface area contributed by atoms with Gasteiger partial charge in [0.25, 0.3) is 0 Å². The molecule has 0 spiro atoms. The lowest BCUT2D eigenvalue weighted by Gasteiger charge is -2.29. The van der Waals surface area contributed by atoms with Crippen LogP contribution >= 0.6 is 0 Å². The van der Waals surface area contributed by atoms with Gasteiger partial charge in [-0.2, -0.15) is 0 Å². The second-order valence-electron chi connectivity index (χ2n) is 11.2. The number of Topliss-reactive ketones (excluding diaryl/α,β-unsaturated/α-hetero) is 2. The Bertz CT molecular complexity index is 901. The summed E-state index contributed by atoms with van der Waals surface area (Å²) in [4.78, 5) is 23.3. The first kappa shape index (κ1) is 28.4. The van der Waals surface area contributed by atoms with E-state index in [0.29, 0.717) is 11.5 Å². The molecule has 0 amide bonds. The molecule has 3 rings (SSSR count). The average molecular weight is 489 g/mol. The molecule has 2 heteroatoms. The van der Waals surface area contributed by atoms with Crippen LogP contribution < -0.4 is 0 Å². The molecule has 36 heavy (non-hydrogen) atoms. The van der Waals surface area contributed by atoms with E-state index in [4.69, 9.17) is 0 Å². The Morgan fingerprint density at radius 1 is 0.667 bits per heavy atom. The monoisotopic (exact) mass is 488 g/mol. The van der Waals surface area contributed by atoms with E-state index >= 15 is 0 Å². The fourth-order valence-electron chi connectivity index (χ4n) is 5.83. The number of unbranched alkanes of at least 4 members (excludes halogenated alkanes) is 9. The molecule has 0 N–H and O–H groups in total. The van der Waals surface area contributed by atoms with Crippen LogP contribution in [0.1, 0.15) is 138 Å². The summed E-state index contributed by atoms with van der Waals surface area (Å²) in [6.07, 6.45) is 21.1. The molecule has 0 atom stereocenters. The van der Waals surface area contributed by atoms with Crippen molar-refractivity contribution in [3.8, 4) is 11.1 Å². The normalized spacial score (nSPS) is 17.7. The maximum atomic E-state index is 12.1. The van der Waals surface area contributed by atoms with Crippen LogP contribution in [-0.4, -0.2) is 11.6 Å². The summed E-state index contributed by atoms with van der Waals surface area (Å²) in [5.74, 6) is 1.45. The van der Waals surface area contributed by atoms with Crippen LogP contribution in [0, 0.1) is 5.92 Å². The average Bonchev–Trinajstić information content (AvgIpc) is 2.90.